The summed E-state index contributed by atoms with van der Waals surface area (Å²) >= 11 is 3.41. The molecule has 43 heavy (non-hydrogen) atoms. The van der Waals surface area contributed by atoms with E-state index < -0.39 is 29.5 Å². The van der Waals surface area contributed by atoms with Crippen LogP contribution in [0.25, 0.3) is 17.3 Å². The fraction of sp³-hybridized carbons (Fsp3) is 0.414. The molecule has 11 nitrogen and oxygen atoms in total. The van der Waals surface area contributed by atoms with Crippen LogP contribution in [-0.2, 0) is 10.0 Å². The molecule has 14 heteroatoms. The number of para-hydroxylation sites is 1. The average Bonchev–Trinajstić information content (AvgIpc) is 3.58. The number of rotatable bonds is 12. The van der Waals surface area contributed by atoms with Crippen molar-refractivity contribution in [3.8, 4) is 28.8 Å². The molecule has 0 saturated carbocycles. The maximum absolute atomic E-state index is 14.5. The van der Waals surface area contributed by atoms with E-state index in [4.69, 9.17) is 13.9 Å². The molecule has 0 aliphatic carbocycles. The van der Waals surface area contributed by atoms with Gasteiger partial charge in [0, 0.05) is 19.1 Å². The molecule has 0 aliphatic heterocycles. The fourth-order valence-electron chi connectivity index (χ4n) is 4.52. The van der Waals surface area contributed by atoms with Crippen LogP contribution in [0.3, 0.4) is 0 Å². The van der Waals surface area contributed by atoms with Gasteiger partial charge in [-0.15, -0.1) is 10.2 Å². The predicted molar refractivity (Wildman–Crippen MR) is 172 cm³/mol. The van der Waals surface area contributed by atoms with Gasteiger partial charge in [-0.25, -0.2) is 12.7 Å². The van der Waals surface area contributed by atoms with Gasteiger partial charge in [0.15, 0.2) is 5.76 Å². The highest BCUT2D eigenvalue weighted by molar-refractivity contribution is 9.10. The number of sulfonamides is 1. The van der Waals surface area contributed by atoms with Crippen LogP contribution in [0.5, 0.6) is 11.5 Å². The van der Waals surface area contributed by atoms with Crippen molar-refractivity contribution in [2.24, 2.45) is 0 Å². The van der Waals surface area contributed by atoms with Crippen molar-refractivity contribution in [1.82, 2.24) is 19.7 Å². The Balaban J connectivity index is 1.96. The SMILES string of the molecule is COc1cccc(OC)c1-n1c(-c2ccc(C)o2)nnc1N(CC[Si](C)(C)C)S(=O)(=O)[C@@H](C)[C@H](O)c1ccc(Br)c(C)n1. The molecular weight excluding hydrogens is 654 g/mol. The van der Waals surface area contributed by atoms with Gasteiger partial charge in [-0.05, 0) is 79.1 Å². The van der Waals surface area contributed by atoms with Crippen LogP contribution in [-0.4, -0.2) is 67.4 Å². The van der Waals surface area contributed by atoms with Gasteiger partial charge >= 0.3 is 0 Å². The largest absolute Gasteiger partial charge is 0.494 e. The number of aliphatic hydroxyl groups excluding tert-OH is 1. The number of halogens is 1. The van der Waals surface area contributed by atoms with Crippen LogP contribution in [0.2, 0.25) is 25.7 Å². The Kier molecular flexibility index (Phi) is 9.74. The fourth-order valence-corrected chi connectivity index (χ4v) is 7.36. The predicted octanol–water partition coefficient (Wildman–Crippen LogP) is 5.92. The second-order valence-electron chi connectivity index (χ2n) is 11.5. The molecule has 0 fully saturated rings. The summed E-state index contributed by atoms with van der Waals surface area (Å²) in [7, 11) is -2.99. The molecule has 4 rings (SSSR count). The van der Waals surface area contributed by atoms with E-state index in [-0.39, 0.29) is 24.0 Å². The Morgan fingerprint density at radius 3 is 2.23 bits per heavy atom. The average molecular weight is 693 g/mol. The number of aliphatic hydroxyl groups is 1. The second-order valence-corrected chi connectivity index (χ2v) is 20.2. The zero-order chi connectivity index (χ0) is 31.7. The highest BCUT2D eigenvalue weighted by atomic mass is 79.9. The highest BCUT2D eigenvalue weighted by Gasteiger charge is 2.40. The molecule has 0 bridgehead atoms. The topological polar surface area (TPSA) is 133 Å². The van der Waals surface area contributed by atoms with Gasteiger partial charge in [-0.3, -0.25) is 9.55 Å². The van der Waals surface area contributed by atoms with Gasteiger partial charge in [-0.1, -0.05) is 25.7 Å². The summed E-state index contributed by atoms with van der Waals surface area (Å²) in [6.45, 7) is 11.7. The normalized spacial score (nSPS) is 13.5. The van der Waals surface area contributed by atoms with Gasteiger partial charge in [0.25, 0.3) is 0 Å². The van der Waals surface area contributed by atoms with Crippen molar-refractivity contribution >= 4 is 40.0 Å². The summed E-state index contributed by atoms with van der Waals surface area (Å²) < 4.78 is 50.0. The first-order valence-corrected chi connectivity index (χ1v) is 19.8. The number of hydrogen-bond acceptors (Lipinski definition) is 9. The van der Waals surface area contributed by atoms with E-state index in [1.807, 2.05) is 0 Å². The van der Waals surface area contributed by atoms with Gasteiger partial charge in [0.1, 0.15) is 34.3 Å². The van der Waals surface area contributed by atoms with E-state index >= 15 is 0 Å². The molecule has 4 aromatic rings. The summed E-state index contributed by atoms with van der Waals surface area (Å²) in [6, 6.07) is 12.8. The third kappa shape index (κ3) is 6.81. The number of hydrogen-bond donors (Lipinski definition) is 1. The molecule has 1 N–H and O–H groups in total. The number of nitrogens with zero attached hydrogens (tertiary/aromatic N) is 5. The van der Waals surface area contributed by atoms with Gasteiger partial charge in [-0.2, -0.15) is 0 Å². The van der Waals surface area contributed by atoms with Crippen LogP contribution < -0.4 is 13.8 Å². The summed E-state index contributed by atoms with van der Waals surface area (Å²) in [6.07, 6.45) is -1.41. The first-order valence-electron chi connectivity index (χ1n) is 13.8. The van der Waals surface area contributed by atoms with E-state index in [0.29, 0.717) is 40.4 Å². The Hall–Kier alpha value is -3.20. The number of methoxy groups -OCH3 is 2. The van der Waals surface area contributed by atoms with Crippen molar-refractivity contribution in [3.05, 3.63) is 64.1 Å². The lowest BCUT2D eigenvalue weighted by molar-refractivity contribution is 0.171. The van der Waals surface area contributed by atoms with Crippen molar-refractivity contribution in [2.45, 2.75) is 57.8 Å². The smallest absolute Gasteiger partial charge is 0.246 e. The summed E-state index contributed by atoms with van der Waals surface area (Å²) in [5.74, 6) is 2.14. The molecule has 0 saturated heterocycles. The van der Waals surface area contributed by atoms with Crippen molar-refractivity contribution in [1.29, 1.82) is 0 Å². The molecule has 0 aliphatic rings. The third-order valence-corrected chi connectivity index (χ3v) is 11.8. The molecule has 2 atom stereocenters. The molecule has 3 aromatic heterocycles. The molecular formula is C29H38BrN5O6SSi. The molecule has 0 spiro atoms. The van der Waals surface area contributed by atoms with Crippen LogP contribution in [0.4, 0.5) is 5.95 Å². The minimum Gasteiger partial charge on any atom is -0.494 e. The summed E-state index contributed by atoms with van der Waals surface area (Å²) in [5.41, 5.74) is 1.29. The zero-order valence-corrected chi connectivity index (χ0v) is 29.0. The maximum Gasteiger partial charge on any atom is 0.246 e. The van der Waals surface area contributed by atoms with E-state index in [2.05, 4.69) is 50.8 Å². The lowest BCUT2D eigenvalue weighted by Gasteiger charge is -2.31. The van der Waals surface area contributed by atoms with Crippen LogP contribution in [0.1, 0.15) is 30.2 Å². The minimum absolute atomic E-state index is 0.0177. The van der Waals surface area contributed by atoms with Crippen molar-refractivity contribution < 1.29 is 27.4 Å². The Morgan fingerprint density at radius 2 is 1.70 bits per heavy atom. The molecule has 1 aromatic carbocycles. The molecule has 0 radical (unpaired) electrons. The minimum atomic E-state index is -4.26. The van der Waals surface area contributed by atoms with E-state index in [9.17, 15) is 13.5 Å². The van der Waals surface area contributed by atoms with Crippen LogP contribution in [0.15, 0.2) is 51.4 Å². The number of aromatic nitrogens is 4. The summed E-state index contributed by atoms with van der Waals surface area (Å²) in [5, 5.41) is 18.9. The first-order chi connectivity index (χ1) is 20.2. The monoisotopic (exact) mass is 691 g/mol. The van der Waals surface area contributed by atoms with E-state index in [1.54, 1.807) is 60.9 Å². The summed E-state index contributed by atoms with van der Waals surface area (Å²) in [4.78, 5) is 4.43. The quantitative estimate of drug-likeness (QED) is 0.180. The van der Waals surface area contributed by atoms with Gasteiger partial charge < -0.3 is 19.0 Å². The Morgan fingerprint density at radius 1 is 1.05 bits per heavy atom. The molecule has 0 amide bonds. The second kappa shape index (κ2) is 12.8. The van der Waals surface area contributed by atoms with E-state index in [0.717, 1.165) is 4.47 Å². The number of furan rings is 1. The molecule has 0 unspecified atom stereocenters. The van der Waals surface area contributed by atoms with Gasteiger partial charge in [0.2, 0.25) is 21.8 Å². The number of benzene rings is 1. The highest BCUT2D eigenvalue weighted by Crippen LogP contribution is 2.40. The number of ether oxygens (including phenoxy) is 2. The number of pyridine rings is 1. The third-order valence-electron chi connectivity index (χ3n) is 7.09. The van der Waals surface area contributed by atoms with Crippen molar-refractivity contribution in [3.63, 3.8) is 0 Å². The Labute approximate surface area is 262 Å². The first kappa shape index (κ1) is 32.7. The number of aryl methyl sites for hydroxylation is 2. The Bertz CT molecular complexity index is 1680. The maximum atomic E-state index is 14.5. The molecule has 232 valence electrons. The zero-order valence-electron chi connectivity index (χ0n) is 25.6. The molecule has 3 heterocycles. The lowest BCUT2D eigenvalue weighted by atomic mass is 10.1. The number of anilines is 1. The standard InChI is InChI=1S/C29H38BrN5O6SSi/c1-18-12-15-25(41-18)28-32-33-29(35(28)26-23(39-4)10-9-11-24(26)40-5)34(16-17-43(6,7)8)42(37,38)20(3)27(36)22-14-13-21(30)19(2)31-22/h9-15,20,27,36H,16-17H2,1-8H3/t20-,27-/m0/s1. The van der Waals surface area contributed by atoms with E-state index in [1.165, 1.54) is 25.4 Å². The van der Waals surface area contributed by atoms with Crippen LogP contribution >= 0.6 is 15.9 Å². The van der Waals surface area contributed by atoms with Crippen LogP contribution in [0, 0.1) is 13.8 Å². The lowest BCUT2D eigenvalue weighted by Crippen LogP contribution is -2.44. The van der Waals surface area contributed by atoms with Crippen molar-refractivity contribution in [2.75, 3.05) is 25.1 Å². The van der Waals surface area contributed by atoms with Gasteiger partial charge in [0.05, 0.1) is 25.6 Å².